The molecule has 0 amide bonds. The first-order valence-corrected chi connectivity index (χ1v) is 5.93. The van der Waals surface area contributed by atoms with E-state index in [0.29, 0.717) is 5.56 Å². The third kappa shape index (κ3) is 2.53. The molecule has 5 heteroatoms. The molecule has 0 saturated carbocycles. The van der Waals surface area contributed by atoms with Crippen molar-refractivity contribution in [3.63, 3.8) is 0 Å². The van der Waals surface area contributed by atoms with E-state index in [2.05, 4.69) is 0 Å². The molecule has 0 fully saturated rings. The van der Waals surface area contributed by atoms with Gasteiger partial charge in [0.25, 0.3) is 0 Å². The fourth-order valence-electron chi connectivity index (χ4n) is 1.24. The fourth-order valence-corrected chi connectivity index (χ4v) is 2.47. The first-order valence-electron chi connectivity index (χ1n) is 4.31. The number of carbonyl (C=O) groups excluding carboxylic acids is 1. The van der Waals surface area contributed by atoms with Crippen molar-refractivity contribution in [1.29, 1.82) is 0 Å². The lowest BCUT2D eigenvalue weighted by Crippen LogP contribution is -2.04. The van der Waals surface area contributed by atoms with Crippen LogP contribution in [0.2, 0.25) is 0 Å². The summed E-state index contributed by atoms with van der Waals surface area (Å²) in [6, 6.07) is 8.65. The van der Waals surface area contributed by atoms with Crippen molar-refractivity contribution < 1.29 is 18.4 Å². The zero-order chi connectivity index (χ0) is 11.3. The van der Waals surface area contributed by atoms with Crippen LogP contribution in [0, 0.1) is 0 Å². The summed E-state index contributed by atoms with van der Waals surface area (Å²) in [5.74, 6) is 0. The van der Waals surface area contributed by atoms with Crippen molar-refractivity contribution in [3.8, 4) is 0 Å². The average Bonchev–Trinajstić information content (AvgIpc) is 2.31. The van der Waals surface area contributed by atoms with Gasteiger partial charge in [0.2, 0.25) is 6.29 Å². The van der Waals surface area contributed by atoms with Crippen molar-refractivity contribution >= 4 is 13.9 Å². The zero-order valence-electron chi connectivity index (χ0n) is 8.54. The normalized spacial score (nSPS) is 13.5. The molecule has 0 bridgehead atoms. The van der Waals surface area contributed by atoms with E-state index < -0.39 is 13.3 Å². The molecule has 0 spiro atoms. The minimum atomic E-state index is -3.44. The molecular formula is C10H12O4P. The van der Waals surface area contributed by atoms with Crippen molar-refractivity contribution in [2.24, 2.45) is 0 Å². The average molecular weight is 227 g/mol. The molecule has 1 atom stereocenters. The third-order valence-electron chi connectivity index (χ3n) is 2.05. The molecule has 4 nitrogen and oxygen atoms in total. The van der Waals surface area contributed by atoms with Crippen LogP contribution >= 0.6 is 7.60 Å². The molecule has 1 aromatic carbocycles. The third-order valence-corrected chi connectivity index (χ3v) is 4.11. The van der Waals surface area contributed by atoms with Gasteiger partial charge in [0.05, 0.1) is 0 Å². The van der Waals surface area contributed by atoms with Gasteiger partial charge in [-0.15, -0.1) is 0 Å². The fraction of sp³-hybridized carbons (Fsp3) is 0.300. The highest BCUT2D eigenvalue weighted by molar-refractivity contribution is 7.55. The van der Waals surface area contributed by atoms with Gasteiger partial charge in [0.1, 0.15) is 0 Å². The van der Waals surface area contributed by atoms with E-state index in [-0.39, 0.29) is 0 Å². The Bertz CT molecular complexity index is 355. The molecule has 0 N–H and O–H groups in total. The second kappa shape index (κ2) is 5.21. The summed E-state index contributed by atoms with van der Waals surface area (Å²) in [5, 5.41) is 0. The highest BCUT2D eigenvalue weighted by atomic mass is 31.2. The van der Waals surface area contributed by atoms with Crippen LogP contribution in [0.4, 0.5) is 0 Å². The van der Waals surface area contributed by atoms with E-state index >= 15 is 0 Å². The van der Waals surface area contributed by atoms with Gasteiger partial charge < -0.3 is 9.05 Å². The van der Waals surface area contributed by atoms with Gasteiger partial charge in [0, 0.05) is 14.2 Å². The Balaban J connectivity index is 3.09. The maximum atomic E-state index is 12.0. The minimum absolute atomic E-state index is 0.569. The van der Waals surface area contributed by atoms with E-state index in [9.17, 15) is 9.36 Å². The van der Waals surface area contributed by atoms with Crippen molar-refractivity contribution in [2.45, 2.75) is 5.66 Å². The van der Waals surface area contributed by atoms with Gasteiger partial charge in [-0.05, 0) is 5.56 Å². The number of rotatable bonds is 5. The van der Waals surface area contributed by atoms with Crippen molar-refractivity contribution in [3.05, 3.63) is 35.9 Å². The Morgan fingerprint density at radius 2 is 1.73 bits per heavy atom. The van der Waals surface area contributed by atoms with E-state index in [1.165, 1.54) is 14.2 Å². The summed E-state index contributed by atoms with van der Waals surface area (Å²) in [5.41, 5.74) is -0.423. The second-order valence-corrected chi connectivity index (χ2v) is 5.16. The predicted molar refractivity (Wildman–Crippen MR) is 56.5 cm³/mol. The Labute approximate surface area is 88.7 Å². The Hall–Kier alpha value is -0.960. The standard InChI is InChI=1S/C10H12O4P/c1-13-15(12,14-2)10(8-11)9-6-4-3-5-7-9/h3-7,10H,1-2H3. The second-order valence-electron chi connectivity index (χ2n) is 2.84. The van der Waals surface area contributed by atoms with Gasteiger partial charge in [-0.25, -0.2) is 0 Å². The highest BCUT2D eigenvalue weighted by Crippen LogP contribution is 2.58. The molecule has 1 aromatic rings. The van der Waals surface area contributed by atoms with Crippen LogP contribution in [-0.2, 0) is 18.4 Å². The van der Waals surface area contributed by atoms with Crippen LogP contribution in [0.3, 0.4) is 0 Å². The van der Waals surface area contributed by atoms with Crippen molar-refractivity contribution in [1.82, 2.24) is 0 Å². The van der Waals surface area contributed by atoms with Crippen LogP contribution in [0.15, 0.2) is 30.3 Å². The van der Waals surface area contributed by atoms with Crippen LogP contribution in [0.1, 0.15) is 11.2 Å². The lowest BCUT2D eigenvalue weighted by molar-refractivity contribution is 0.271. The van der Waals surface area contributed by atoms with Gasteiger partial charge >= 0.3 is 7.60 Å². The van der Waals surface area contributed by atoms with E-state index in [0.717, 1.165) is 0 Å². The topological polar surface area (TPSA) is 52.6 Å². The molecule has 1 unspecified atom stereocenters. The Kier molecular flexibility index (Phi) is 4.21. The molecule has 0 aliphatic carbocycles. The van der Waals surface area contributed by atoms with Gasteiger partial charge in [-0.3, -0.25) is 9.36 Å². The number of hydrogen-bond donors (Lipinski definition) is 0. The summed E-state index contributed by atoms with van der Waals surface area (Å²) in [6.07, 6.45) is 1.70. The van der Waals surface area contributed by atoms with E-state index in [1.54, 1.807) is 36.6 Å². The molecule has 15 heavy (non-hydrogen) atoms. The molecule has 0 saturated heterocycles. The lowest BCUT2D eigenvalue weighted by Gasteiger charge is -2.19. The maximum absolute atomic E-state index is 12.0. The van der Waals surface area contributed by atoms with Gasteiger partial charge in [-0.2, -0.15) is 0 Å². The predicted octanol–water partition coefficient (Wildman–Crippen LogP) is 2.32. The van der Waals surface area contributed by atoms with Crippen LogP contribution in [0.5, 0.6) is 0 Å². The monoisotopic (exact) mass is 227 g/mol. The summed E-state index contributed by atoms with van der Waals surface area (Å²) in [6.45, 7) is 0. The molecule has 0 heterocycles. The Morgan fingerprint density at radius 3 is 2.13 bits per heavy atom. The molecule has 0 aliphatic heterocycles. The highest BCUT2D eigenvalue weighted by Gasteiger charge is 2.35. The van der Waals surface area contributed by atoms with Crippen LogP contribution < -0.4 is 0 Å². The SMILES string of the molecule is COP(=O)(OC)C([C]=O)c1ccccc1. The van der Waals surface area contributed by atoms with Gasteiger partial charge in [0.15, 0.2) is 5.66 Å². The van der Waals surface area contributed by atoms with Crippen LogP contribution in [-0.4, -0.2) is 20.5 Å². The molecule has 0 aliphatic rings. The maximum Gasteiger partial charge on any atom is 0.345 e. The molecule has 81 valence electrons. The summed E-state index contributed by atoms with van der Waals surface area (Å²) in [4.78, 5) is 10.8. The summed E-state index contributed by atoms with van der Waals surface area (Å²) >= 11 is 0. The molecule has 1 rings (SSSR count). The quantitative estimate of drug-likeness (QED) is 0.724. The molecule has 1 radical (unpaired) electrons. The van der Waals surface area contributed by atoms with Crippen molar-refractivity contribution in [2.75, 3.05) is 14.2 Å². The summed E-state index contributed by atoms with van der Waals surface area (Å²) in [7, 11) is -0.942. The van der Waals surface area contributed by atoms with Crippen LogP contribution in [0.25, 0.3) is 0 Å². The molecule has 0 aromatic heterocycles. The first kappa shape index (κ1) is 12.1. The zero-order valence-corrected chi connectivity index (χ0v) is 9.44. The summed E-state index contributed by atoms with van der Waals surface area (Å²) < 4.78 is 21.5. The van der Waals surface area contributed by atoms with E-state index in [4.69, 9.17) is 9.05 Å². The molecular weight excluding hydrogens is 215 g/mol. The largest absolute Gasteiger partial charge is 0.345 e. The Morgan fingerprint density at radius 1 is 1.20 bits per heavy atom. The van der Waals surface area contributed by atoms with Gasteiger partial charge in [-0.1, -0.05) is 30.3 Å². The van der Waals surface area contributed by atoms with E-state index in [1.807, 2.05) is 0 Å². The smallest absolute Gasteiger partial charge is 0.311 e. The minimum Gasteiger partial charge on any atom is -0.311 e. The number of benzene rings is 1. The lowest BCUT2D eigenvalue weighted by atomic mass is 10.2. The number of hydrogen-bond acceptors (Lipinski definition) is 4. The first-order chi connectivity index (χ1) is 7.18.